The largest absolute Gasteiger partial charge is 0.480 e. The Bertz CT molecular complexity index is 303. The predicted octanol–water partition coefficient (Wildman–Crippen LogP) is -0.0510. The van der Waals surface area contributed by atoms with Crippen molar-refractivity contribution in [2.45, 2.75) is 13.0 Å². The zero-order valence-electron chi connectivity index (χ0n) is 8.08. The average Bonchev–Trinajstić information content (AvgIpc) is 2.17. The van der Waals surface area contributed by atoms with Gasteiger partial charge < -0.3 is 5.11 Å². The van der Waals surface area contributed by atoms with Crippen molar-refractivity contribution in [1.29, 1.82) is 0 Å². The number of hydrogen-bond donors (Lipinski definition) is 1. The van der Waals surface area contributed by atoms with Gasteiger partial charge >= 0.3 is 5.97 Å². The summed E-state index contributed by atoms with van der Waals surface area (Å²) < 4.78 is 0. The summed E-state index contributed by atoms with van der Waals surface area (Å²) in [5, 5.41) is 16.1. The fourth-order valence-corrected chi connectivity index (χ4v) is 1.03. The lowest BCUT2D eigenvalue weighted by molar-refractivity contribution is -0.138. The van der Waals surface area contributed by atoms with Crippen LogP contribution in [0.5, 0.6) is 0 Å². The van der Waals surface area contributed by atoms with Crippen LogP contribution in [-0.2, 0) is 4.79 Å². The van der Waals surface area contributed by atoms with Gasteiger partial charge in [-0.3, -0.25) is 9.69 Å². The minimum absolute atomic E-state index is 0.0300. The van der Waals surface area contributed by atoms with Crippen LogP contribution in [0, 0.1) is 0 Å². The fourth-order valence-electron chi connectivity index (χ4n) is 1.03. The van der Waals surface area contributed by atoms with E-state index in [-0.39, 0.29) is 12.6 Å². The second-order valence-electron chi connectivity index (χ2n) is 3.02. The molecule has 1 unspecified atom stereocenters. The Hall–Kier alpha value is -1.56. The molecule has 1 heterocycles. The van der Waals surface area contributed by atoms with E-state index in [9.17, 15) is 4.79 Å². The van der Waals surface area contributed by atoms with Gasteiger partial charge in [-0.05, 0) is 14.0 Å². The Kier molecular flexibility index (Phi) is 3.47. The first-order valence-corrected chi connectivity index (χ1v) is 4.16. The minimum atomic E-state index is -0.865. The second kappa shape index (κ2) is 4.61. The Morgan fingerprint density at radius 1 is 1.71 bits per heavy atom. The van der Waals surface area contributed by atoms with Crippen molar-refractivity contribution in [2.24, 2.45) is 0 Å². The van der Waals surface area contributed by atoms with Crippen molar-refractivity contribution in [2.75, 3.05) is 13.6 Å². The number of carboxylic acids is 1. The summed E-state index contributed by atoms with van der Waals surface area (Å²) in [6.45, 7) is 1.83. The average molecular weight is 196 g/mol. The molecule has 0 aliphatic heterocycles. The van der Waals surface area contributed by atoms with Crippen LogP contribution in [0.3, 0.4) is 0 Å². The van der Waals surface area contributed by atoms with Crippen LogP contribution in [0.2, 0.25) is 0 Å². The van der Waals surface area contributed by atoms with Gasteiger partial charge in [0.1, 0.15) is 6.33 Å². The molecule has 14 heavy (non-hydrogen) atoms. The standard InChI is InChI=1S/C8H12N4O2/c1-6(12(2)4-8(13)14)7-3-9-5-10-11-7/h3,5-6H,4H2,1-2H3,(H,13,14). The summed E-state index contributed by atoms with van der Waals surface area (Å²) in [5.41, 5.74) is 0.663. The molecule has 1 rings (SSSR count). The second-order valence-corrected chi connectivity index (χ2v) is 3.02. The van der Waals surface area contributed by atoms with Gasteiger partial charge in [-0.1, -0.05) is 0 Å². The van der Waals surface area contributed by atoms with E-state index in [0.29, 0.717) is 5.69 Å². The Balaban J connectivity index is 2.65. The molecule has 0 saturated heterocycles. The van der Waals surface area contributed by atoms with Crippen LogP contribution in [-0.4, -0.2) is 44.7 Å². The summed E-state index contributed by atoms with van der Waals surface area (Å²) in [5.74, 6) is -0.865. The predicted molar refractivity (Wildman–Crippen MR) is 48.5 cm³/mol. The maximum absolute atomic E-state index is 10.5. The van der Waals surface area contributed by atoms with Gasteiger partial charge in [-0.25, -0.2) is 4.98 Å². The molecule has 1 aromatic rings. The van der Waals surface area contributed by atoms with Crippen molar-refractivity contribution in [3.63, 3.8) is 0 Å². The monoisotopic (exact) mass is 196 g/mol. The van der Waals surface area contributed by atoms with Crippen molar-refractivity contribution < 1.29 is 9.90 Å². The Morgan fingerprint density at radius 3 is 2.93 bits per heavy atom. The van der Waals surface area contributed by atoms with E-state index in [2.05, 4.69) is 15.2 Å². The molecule has 0 aromatic carbocycles. The molecule has 1 aromatic heterocycles. The van der Waals surface area contributed by atoms with Crippen molar-refractivity contribution >= 4 is 5.97 Å². The smallest absolute Gasteiger partial charge is 0.317 e. The molecule has 0 radical (unpaired) electrons. The molecule has 76 valence electrons. The topological polar surface area (TPSA) is 79.2 Å². The van der Waals surface area contributed by atoms with Crippen molar-refractivity contribution in [3.8, 4) is 0 Å². The van der Waals surface area contributed by atoms with Gasteiger partial charge in [-0.15, -0.1) is 5.10 Å². The molecule has 6 heteroatoms. The van der Waals surface area contributed by atoms with Gasteiger partial charge in [0.2, 0.25) is 0 Å². The van der Waals surface area contributed by atoms with E-state index >= 15 is 0 Å². The summed E-state index contributed by atoms with van der Waals surface area (Å²) in [4.78, 5) is 15.9. The third-order valence-electron chi connectivity index (χ3n) is 1.97. The highest BCUT2D eigenvalue weighted by Crippen LogP contribution is 2.13. The molecule has 0 bridgehead atoms. The number of aliphatic carboxylic acids is 1. The number of carbonyl (C=O) groups is 1. The van der Waals surface area contributed by atoms with E-state index in [0.717, 1.165) is 0 Å². The van der Waals surface area contributed by atoms with Gasteiger partial charge in [-0.2, -0.15) is 5.10 Å². The first-order valence-electron chi connectivity index (χ1n) is 4.16. The van der Waals surface area contributed by atoms with E-state index in [1.807, 2.05) is 6.92 Å². The van der Waals surface area contributed by atoms with E-state index in [1.54, 1.807) is 18.1 Å². The zero-order chi connectivity index (χ0) is 10.6. The lowest BCUT2D eigenvalue weighted by Crippen LogP contribution is -2.29. The third kappa shape index (κ3) is 2.74. The molecular weight excluding hydrogens is 184 g/mol. The van der Waals surface area contributed by atoms with Gasteiger partial charge in [0.15, 0.2) is 0 Å². The Labute approximate surface area is 81.6 Å². The number of carboxylic acid groups (broad SMARTS) is 1. The maximum Gasteiger partial charge on any atom is 0.317 e. The number of aromatic nitrogens is 3. The molecule has 1 atom stereocenters. The molecule has 6 nitrogen and oxygen atoms in total. The summed E-state index contributed by atoms with van der Waals surface area (Å²) in [7, 11) is 1.72. The molecule has 0 amide bonds. The summed E-state index contributed by atoms with van der Waals surface area (Å²) in [6.07, 6.45) is 2.92. The van der Waals surface area contributed by atoms with E-state index in [4.69, 9.17) is 5.11 Å². The molecule has 0 aliphatic rings. The molecule has 1 N–H and O–H groups in total. The summed E-state index contributed by atoms with van der Waals surface area (Å²) in [6, 6.07) is -0.104. The lowest BCUT2D eigenvalue weighted by Gasteiger charge is -2.21. The first-order chi connectivity index (χ1) is 6.61. The Morgan fingerprint density at radius 2 is 2.43 bits per heavy atom. The van der Waals surface area contributed by atoms with Crippen LogP contribution >= 0.6 is 0 Å². The van der Waals surface area contributed by atoms with Crippen LogP contribution in [0.4, 0.5) is 0 Å². The lowest BCUT2D eigenvalue weighted by atomic mass is 10.2. The number of hydrogen-bond acceptors (Lipinski definition) is 5. The van der Waals surface area contributed by atoms with Gasteiger partial charge in [0.25, 0.3) is 0 Å². The van der Waals surface area contributed by atoms with Crippen LogP contribution in [0.25, 0.3) is 0 Å². The molecular formula is C8H12N4O2. The SMILES string of the molecule is CC(c1cncnn1)N(C)CC(=O)O. The molecule has 0 saturated carbocycles. The van der Waals surface area contributed by atoms with Crippen LogP contribution < -0.4 is 0 Å². The molecule has 0 aliphatic carbocycles. The number of rotatable bonds is 4. The highest BCUT2D eigenvalue weighted by molar-refractivity contribution is 5.69. The zero-order valence-corrected chi connectivity index (χ0v) is 8.08. The number of likely N-dealkylation sites (N-methyl/N-ethyl adjacent to an activating group) is 1. The van der Waals surface area contributed by atoms with Crippen LogP contribution in [0.1, 0.15) is 18.7 Å². The number of nitrogens with zero attached hydrogens (tertiary/aromatic N) is 4. The van der Waals surface area contributed by atoms with E-state index < -0.39 is 5.97 Å². The highest BCUT2D eigenvalue weighted by Gasteiger charge is 2.15. The van der Waals surface area contributed by atoms with Gasteiger partial charge in [0.05, 0.1) is 24.5 Å². The van der Waals surface area contributed by atoms with E-state index in [1.165, 1.54) is 6.33 Å². The third-order valence-corrected chi connectivity index (χ3v) is 1.97. The normalized spacial score (nSPS) is 12.8. The van der Waals surface area contributed by atoms with Crippen molar-refractivity contribution in [3.05, 3.63) is 18.2 Å². The minimum Gasteiger partial charge on any atom is -0.480 e. The maximum atomic E-state index is 10.5. The quantitative estimate of drug-likeness (QED) is 0.727. The van der Waals surface area contributed by atoms with Gasteiger partial charge in [0, 0.05) is 0 Å². The molecule has 0 fully saturated rings. The molecule has 0 spiro atoms. The fraction of sp³-hybridized carbons (Fsp3) is 0.500. The van der Waals surface area contributed by atoms with Crippen LogP contribution in [0.15, 0.2) is 12.5 Å². The van der Waals surface area contributed by atoms with Crippen molar-refractivity contribution in [1.82, 2.24) is 20.1 Å². The highest BCUT2D eigenvalue weighted by atomic mass is 16.4. The summed E-state index contributed by atoms with van der Waals surface area (Å²) >= 11 is 0. The first kappa shape index (κ1) is 10.5.